The summed E-state index contributed by atoms with van der Waals surface area (Å²) in [5.74, 6) is -4.90. The van der Waals surface area contributed by atoms with Crippen molar-refractivity contribution in [1.82, 2.24) is 0 Å². The first kappa shape index (κ1) is 30.1. The molecule has 0 aliphatic rings. The zero-order chi connectivity index (χ0) is 28.8. The van der Waals surface area contributed by atoms with E-state index in [9.17, 15) is 24.0 Å². The van der Waals surface area contributed by atoms with E-state index in [0.717, 1.165) is 26.4 Å². The van der Waals surface area contributed by atoms with E-state index >= 15 is 0 Å². The van der Waals surface area contributed by atoms with Crippen molar-refractivity contribution in [3.05, 3.63) is 69.8 Å². The predicted molar refractivity (Wildman–Crippen MR) is 132 cm³/mol. The summed E-state index contributed by atoms with van der Waals surface area (Å²) >= 11 is 0. The maximum Gasteiger partial charge on any atom is 0.374 e. The lowest BCUT2D eigenvalue weighted by Gasteiger charge is -2.18. The standard InChI is InChI=1S/C27H30O11/c1-26(2,3)37-35-22(29)16-11-9-10-15(14-16)21(28)17-12-13-18(23(30)36-38-27(4,5)6)20(25(32)34-8)19(17)24(31)33-7/h9-14H,1-8H3. The van der Waals surface area contributed by atoms with E-state index in [1.54, 1.807) is 41.5 Å². The first-order chi connectivity index (χ1) is 17.6. The van der Waals surface area contributed by atoms with Gasteiger partial charge >= 0.3 is 23.9 Å². The molecule has 204 valence electrons. The highest BCUT2D eigenvalue weighted by Gasteiger charge is 2.33. The van der Waals surface area contributed by atoms with Crippen molar-refractivity contribution in [1.29, 1.82) is 0 Å². The van der Waals surface area contributed by atoms with E-state index in [0.29, 0.717) is 0 Å². The molecule has 11 heteroatoms. The molecule has 0 aliphatic carbocycles. The summed E-state index contributed by atoms with van der Waals surface area (Å²) in [5, 5.41) is 0. The van der Waals surface area contributed by atoms with Crippen LogP contribution in [0.15, 0.2) is 36.4 Å². The van der Waals surface area contributed by atoms with E-state index in [4.69, 9.17) is 29.0 Å². The molecule has 0 heterocycles. The molecule has 2 aromatic rings. The van der Waals surface area contributed by atoms with Gasteiger partial charge in [0.2, 0.25) is 0 Å². The molecule has 0 N–H and O–H groups in total. The minimum atomic E-state index is -1.10. The van der Waals surface area contributed by atoms with Crippen LogP contribution < -0.4 is 0 Å². The Morgan fingerprint density at radius 3 is 1.53 bits per heavy atom. The number of benzene rings is 2. The molecule has 0 amide bonds. The first-order valence-corrected chi connectivity index (χ1v) is 11.4. The van der Waals surface area contributed by atoms with Gasteiger partial charge in [-0.05, 0) is 65.8 Å². The molecule has 0 atom stereocenters. The van der Waals surface area contributed by atoms with E-state index in [1.165, 1.54) is 24.3 Å². The Morgan fingerprint density at radius 2 is 1.03 bits per heavy atom. The normalized spacial score (nSPS) is 11.4. The summed E-state index contributed by atoms with van der Waals surface area (Å²) in [7, 11) is 2.07. The Bertz CT molecular complexity index is 1250. The average molecular weight is 531 g/mol. The van der Waals surface area contributed by atoms with Gasteiger partial charge in [-0.15, -0.1) is 0 Å². The van der Waals surface area contributed by atoms with Crippen molar-refractivity contribution in [2.75, 3.05) is 14.2 Å². The summed E-state index contributed by atoms with van der Waals surface area (Å²) in [6.07, 6.45) is 0. The van der Waals surface area contributed by atoms with E-state index in [1.807, 2.05) is 0 Å². The smallest absolute Gasteiger partial charge is 0.374 e. The Hall–Kier alpha value is -4.09. The van der Waals surface area contributed by atoms with Gasteiger partial charge in [-0.1, -0.05) is 12.1 Å². The van der Waals surface area contributed by atoms with Gasteiger partial charge in [0.1, 0.15) is 11.2 Å². The highest BCUT2D eigenvalue weighted by molar-refractivity contribution is 6.20. The van der Waals surface area contributed by atoms with Crippen molar-refractivity contribution >= 4 is 29.7 Å². The number of methoxy groups -OCH3 is 2. The number of rotatable bonds is 8. The van der Waals surface area contributed by atoms with Crippen LogP contribution in [0.3, 0.4) is 0 Å². The third-order valence-electron chi connectivity index (χ3n) is 4.54. The zero-order valence-electron chi connectivity index (χ0n) is 22.5. The number of ketones is 1. The highest BCUT2D eigenvalue weighted by atomic mass is 17.2. The van der Waals surface area contributed by atoms with Crippen LogP contribution >= 0.6 is 0 Å². The van der Waals surface area contributed by atoms with Crippen LogP contribution in [-0.2, 0) is 29.0 Å². The molecule has 0 bridgehead atoms. The molecule has 0 spiro atoms. The quantitative estimate of drug-likeness (QED) is 0.209. The third-order valence-corrected chi connectivity index (χ3v) is 4.54. The van der Waals surface area contributed by atoms with E-state index < -0.39 is 57.6 Å². The lowest BCUT2D eigenvalue weighted by molar-refractivity contribution is -0.301. The maximum atomic E-state index is 13.5. The van der Waals surface area contributed by atoms with Gasteiger partial charge in [0, 0.05) is 11.1 Å². The molecule has 2 rings (SSSR count). The maximum absolute atomic E-state index is 13.5. The third kappa shape index (κ3) is 7.70. The van der Waals surface area contributed by atoms with Crippen molar-refractivity contribution in [3.8, 4) is 0 Å². The van der Waals surface area contributed by atoms with E-state index in [-0.39, 0.29) is 16.7 Å². The second kappa shape index (κ2) is 12.0. The van der Waals surface area contributed by atoms with Crippen molar-refractivity contribution in [2.24, 2.45) is 0 Å². The first-order valence-electron chi connectivity index (χ1n) is 11.4. The minimum Gasteiger partial charge on any atom is -0.465 e. The number of ether oxygens (including phenoxy) is 2. The highest BCUT2D eigenvalue weighted by Crippen LogP contribution is 2.26. The minimum absolute atomic E-state index is 0.00700. The monoisotopic (exact) mass is 530 g/mol. The number of esters is 2. The molecule has 2 aromatic carbocycles. The van der Waals surface area contributed by atoms with Crippen LogP contribution in [0.5, 0.6) is 0 Å². The molecule has 0 saturated carbocycles. The second-order valence-corrected chi connectivity index (χ2v) is 9.94. The predicted octanol–water partition coefficient (Wildman–Crippen LogP) is 4.26. The molecule has 0 unspecified atom stereocenters. The van der Waals surface area contributed by atoms with Crippen LogP contribution in [0.4, 0.5) is 0 Å². The largest absolute Gasteiger partial charge is 0.465 e. The Balaban J connectivity index is 2.61. The van der Waals surface area contributed by atoms with E-state index in [2.05, 4.69) is 0 Å². The molecular formula is C27H30O11. The van der Waals surface area contributed by atoms with Gasteiger partial charge in [0.05, 0.1) is 36.5 Å². The summed E-state index contributed by atoms with van der Waals surface area (Å²) in [6.45, 7) is 9.93. The van der Waals surface area contributed by atoms with Gasteiger partial charge in [0.25, 0.3) is 0 Å². The lowest BCUT2D eigenvalue weighted by atomic mass is 9.90. The molecule has 0 aliphatic heterocycles. The van der Waals surface area contributed by atoms with Crippen LogP contribution in [0.2, 0.25) is 0 Å². The van der Waals surface area contributed by atoms with Gasteiger partial charge in [-0.25, -0.2) is 19.2 Å². The molecule has 38 heavy (non-hydrogen) atoms. The fourth-order valence-electron chi connectivity index (χ4n) is 2.95. The van der Waals surface area contributed by atoms with Crippen LogP contribution in [-0.4, -0.2) is 55.1 Å². The molecular weight excluding hydrogens is 500 g/mol. The van der Waals surface area contributed by atoms with Gasteiger partial charge in [-0.3, -0.25) is 14.6 Å². The Labute approximate surface area is 219 Å². The Kier molecular flexibility index (Phi) is 9.49. The topological polar surface area (TPSA) is 141 Å². The fraction of sp³-hybridized carbons (Fsp3) is 0.370. The zero-order valence-corrected chi connectivity index (χ0v) is 22.5. The van der Waals surface area contributed by atoms with Crippen molar-refractivity contribution in [3.63, 3.8) is 0 Å². The van der Waals surface area contributed by atoms with Crippen molar-refractivity contribution in [2.45, 2.75) is 52.7 Å². The number of hydrogen-bond donors (Lipinski definition) is 0. The SMILES string of the molecule is COC(=O)c1c(C(=O)OOC(C)(C)C)ccc(C(=O)c2cccc(C(=O)OOC(C)(C)C)c2)c1C(=O)OC. The molecule has 0 radical (unpaired) electrons. The van der Waals surface area contributed by atoms with Crippen LogP contribution in [0, 0.1) is 0 Å². The summed E-state index contributed by atoms with van der Waals surface area (Å²) in [6, 6.07) is 7.73. The molecule has 11 nitrogen and oxygen atoms in total. The van der Waals surface area contributed by atoms with Crippen LogP contribution in [0.1, 0.15) is 98.9 Å². The van der Waals surface area contributed by atoms with Crippen LogP contribution in [0.25, 0.3) is 0 Å². The number of carbonyl (C=O) groups excluding carboxylic acids is 5. The Morgan fingerprint density at radius 1 is 0.579 bits per heavy atom. The number of carbonyl (C=O) groups is 5. The molecule has 0 saturated heterocycles. The van der Waals surface area contributed by atoms with Gasteiger partial charge < -0.3 is 9.47 Å². The molecule has 0 aromatic heterocycles. The lowest BCUT2D eigenvalue weighted by Crippen LogP contribution is -2.25. The van der Waals surface area contributed by atoms with Gasteiger partial charge in [0.15, 0.2) is 5.78 Å². The second-order valence-electron chi connectivity index (χ2n) is 9.94. The average Bonchev–Trinajstić information content (AvgIpc) is 2.87. The van der Waals surface area contributed by atoms with Crippen molar-refractivity contribution < 1.29 is 53.0 Å². The summed E-state index contributed by atoms with van der Waals surface area (Å²) in [5.41, 5.74) is -3.43. The number of hydrogen-bond acceptors (Lipinski definition) is 11. The molecule has 0 fully saturated rings. The summed E-state index contributed by atoms with van der Waals surface area (Å²) in [4.78, 5) is 83.9. The van der Waals surface area contributed by atoms with Gasteiger partial charge in [-0.2, -0.15) is 9.78 Å². The fourth-order valence-corrected chi connectivity index (χ4v) is 2.95. The summed E-state index contributed by atoms with van der Waals surface area (Å²) < 4.78 is 9.57.